The summed E-state index contributed by atoms with van der Waals surface area (Å²) in [6.07, 6.45) is 0. The zero-order valence-electron chi connectivity index (χ0n) is 38.8. The van der Waals surface area contributed by atoms with Crippen LogP contribution >= 0.6 is 0 Å². The fourth-order valence-corrected chi connectivity index (χ4v) is 7.73. The molecule has 0 aliphatic heterocycles. The van der Waals surface area contributed by atoms with E-state index in [-0.39, 0.29) is 108 Å². The van der Waals surface area contributed by atoms with E-state index >= 15 is 0 Å². The molecule has 24 nitrogen and oxygen atoms in total. The Morgan fingerprint density at radius 3 is 0.468 bits per heavy atom. The number of hydrogen-bond donors (Lipinski definition) is 0. The molecule has 0 aliphatic carbocycles. The molecule has 384 valence electrons. The van der Waals surface area contributed by atoms with E-state index in [4.69, 9.17) is 0 Å². The Bertz CT molecular complexity index is 3380. The normalized spacial score (nSPS) is 9.92. The molecule has 0 heterocycles. The molecule has 0 atom stereocenters. The largest absolute Gasteiger partial charge is 4.00 e. The van der Waals surface area contributed by atoms with Crippen LogP contribution in [0.4, 0.5) is 0 Å². The molecule has 8 rings (SSSR count). The average Bonchev–Trinajstić information content (AvgIpc) is 3.36. The number of aromatic carboxylic acids is 12. The molecule has 79 heavy (non-hydrogen) atoms. The Balaban J connectivity index is 0.000000356. The molecule has 8 aromatic rings. The van der Waals surface area contributed by atoms with Gasteiger partial charge in [0.25, 0.3) is 0 Å². The minimum absolute atomic E-state index is 0. The Morgan fingerprint density at radius 2 is 0.342 bits per heavy atom. The second-order valence-corrected chi connectivity index (χ2v) is 15.0. The Kier molecular flexibility index (Phi) is 22.9. The van der Waals surface area contributed by atoms with Gasteiger partial charge in [-0.2, -0.15) is 0 Å². The molecule has 0 bridgehead atoms. The van der Waals surface area contributed by atoms with E-state index < -0.39 is 138 Å². The van der Waals surface area contributed by atoms with Crippen LogP contribution in [0.2, 0.25) is 0 Å². The van der Waals surface area contributed by atoms with Gasteiger partial charge in [0.05, 0.1) is 71.6 Å². The molecule has 0 saturated carbocycles. The molecule has 0 aromatic heterocycles. The molecule has 0 fully saturated rings. The molecular formula is C52H20O24Ti3. The van der Waals surface area contributed by atoms with Crippen molar-refractivity contribution in [3.63, 3.8) is 0 Å². The summed E-state index contributed by atoms with van der Waals surface area (Å²) in [7, 11) is 0. The zero-order valence-corrected chi connectivity index (χ0v) is 43.5. The van der Waals surface area contributed by atoms with Gasteiger partial charge in [-0.3, -0.25) is 0 Å². The van der Waals surface area contributed by atoms with Crippen molar-refractivity contribution in [1.29, 1.82) is 0 Å². The zero-order chi connectivity index (χ0) is 56.6. The number of carbonyl (C=O) groups is 12. The quantitative estimate of drug-likeness (QED) is 0.103. The molecule has 8 aromatic carbocycles. The molecule has 0 spiro atoms. The van der Waals surface area contributed by atoms with Crippen LogP contribution in [0.15, 0.2) is 121 Å². The van der Waals surface area contributed by atoms with E-state index in [1.165, 1.54) is 72.8 Å². The molecule has 0 amide bonds. The number of benzene rings is 8. The van der Waals surface area contributed by atoms with E-state index in [2.05, 4.69) is 0 Å². The summed E-state index contributed by atoms with van der Waals surface area (Å²) in [5.74, 6) is -22.0. The summed E-state index contributed by atoms with van der Waals surface area (Å²) < 4.78 is 0. The molecule has 0 N–H and O–H groups in total. The smallest absolute Gasteiger partial charge is 0.545 e. The van der Waals surface area contributed by atoms with Crippen molar-refractivity contribution in [3.05, 3.63) is 188 Å². The second-order valence-electron chi connectivity index (χ2n) is 15.0. The van der Waals surface area contributed by atoms with Crippen molar-refractivity contribution >= 4 is 115 Å². The van der Waals surface area contributed by atoms with E-state index in [9.17, 15) is 119 Å². The first-order chi connectivity index (χ1) is 35.7. The summed E-state index contributed by atoms with van der Waals surface area (Å²) in [4.78, 5) is 132. The van der Waals surface area contributed by atoms with Gasteiger partial charge in [-0.1, -0.05) is 97.1 Å². The summed E-state index contributed by atoms with van der Waals surface area (Å²) in [6.45, 7) is 0. The van der Waals surface area contributed by atoms with Crippen LogP contribution in [0.3, 0.4) is 0 Å². The van der Waals surface area contributed by atoms with Crippen LogP contribution in [0.25, 0.3) is 43.1 Å². The van der Waals surface area contributed by atoms with Crippen molar-refractivity contribution in [2.24, 2.45) is 0 Å². The maximum absolute atomic E-state index is 11.1. The summed E-state index contributed by atoms with van der Waals surface area (Å²) in [6, 6.07) is 27.5. The second kappa shape index (κ2) is 27.6. The number of carbonyl (C=O) groups excluding carboxylic acids is 12. The molecule has 0 radical (unpaired) electrons. The van der Waals surface area contributed by atoms with Gasteiger partial charge < -0.3 is 119 Å². The maximum atomic E-state index is 11.1. The monoisotopic (exact) mass is 1170 g/mol. The standard InChI is InChI=1S/4C13H8O6.3Ti/c4*14-11(15)8-5-6-3-1-2-4-7(6)9(12(16)17)10(8)13(18)19;;;/h4*1-5H,(H,14,15)(H,16,17)(H,18,19);;;/q;;;;3*+4/p-12. The minimum atomic E-state index is -1.91. The van der Waals surface area contributed by atoms with Crippen LogP contribution in [0.1, 0.15) is 124 Å². The Hall–Kier alpha value is -9.42. The number of hydrogen-bond acceptors (Lipinski definition) is 24. The van der Waals surface area contributed by atoms with E-state index in [1.807, 2.05) is 0 Å². The third-order valence-electron chi connectivity index (χ3n) is 10.7. The van der Waals surface area contributed by atoms with Gasteiger partial charge in [-0.25, -0.2) is 0 Å². The van der Waals surface area contributed by atoms with Crippen molar-refractivity contribution in [3.8, 4) is 0 Å². The van der Waals surface area contributed by atoms with E-state index in [0.717, 1.165) is 24.3 Å². The summed E-state index contributed by atoms with van der Waals surface area (Å²) in [5.41, 5.74) is -9.69. The van der Waals surface area contributed by atoms with Crippen LogP contribution in [-0.2, 0) is 65.2 Å². The minimum Gasteiger partial charge on any atom is -0.545 e. The Morgan fingerprint density at radius 1 is 0.203 bits per heavy atom. The van der Waals surface area contributed by atoms with E-state index in [1.54, 1.807) is 24.3 Å². The SMILES string of the molecule is O=C([O-])c1cc2ccccc2c(C(=O)[O-])c1C(=O)[O-].O=C([O-])c1cc2ccccc2c(C(=O)[O-])c1C(=O)[O-].O=C([O-])c1cc2ccccc2c(C(=O)[O-])c1C(=O)[O-].O=C([O-])c1cc2ccccc2c(C(=O)[O-])c1C(=O)[O-].[Ti+4].[Ti+4].[Ti+4]. The number of rotatable bonds is 12. The predicted octanol–water partition coefficient (Wildman–Crippen LogP) is -8.29. The van der Waals surface area contributed by atoms with Crippen molar-refractivity contribution < 1.29 is 184 Å². The molecule has 27 heteroatoms. The molecule has 0 unspecified atom stereocenters. The summed E-state index contributed by atoms with van der Waals surface area (Å²) >= 11 is 0. The number of fused-ring (bicyclic) bond motifs is 4. The predicted molar refractivity (Wildman–Crippen MR) is 228 cm³/mol. The topological polar surface area (TPSA) is 482 Å². The van der Waals surface area contributed by atoms with Crippen LogP contribution in [0.5, 0.6) is 0 Å². The number of carboxylic acids is 12. The third kappa shape index (κ3) is 14.2. The molecular weight excluding hydrogens is 1150 g/mol. The number of carboxylic acid groups (broad SMARTS) is 12. The summed E-state index contributed by atoms with van der Waals surface area (Å²) in [5, 5.41) is 133. The fourth-order valence-electron chi connectivity index (χ4n) is 7.73. The molecule has 0 saturated heterocycles. The van der Waals surface area contributed by atoms with Gasteiger partial charge in [0.1, 0.15) is 0 Å². The van der Waals surface area contributed by atoms with Crippen LogP contribution < -0.4 is 61.3 Å². The van der Waals surface area contributed by atoms with Gasteiger partial charge in [0, 0.05) is 66.8 Å². The van der Waals surface area contributed by atoms with Crippen LogP contribution in [0, 0.1) is 0 Å². The third-order valence-corrected chi connectivity index (χ3v) is 10.7. The van der Waals surface area contributed by atoms with E-state index in [0.29, 0.717) is 0 Å². The molecule has 0 aliphatic rings. The van der Waals surface area contributed by atoms with Gasteiger partial charge in [-0.15, -0.1) is 0 Å². The van der Waals surface area contributed by atoms with Crippen molar-refractivity contribution in [2.75, 3.05) is 0 Å². The van der Waals surface area contributed by atoms with Gasteiger partial charge in [-0.05, 0) is 67.4 Å². The first-order valence-electron chi connectivity index (χ1n) is 20.5. The first-order valence-corrected chi connectivity index (χ1v) is 20.5. The van der Waals surface area contributed by atoms with Gasteiger partial charge in [0.15, 0.2) is 0 Å². The van der Waals surface area contributed by atoms with Gasteiger partial charge in [0.2, 0.25) is 0 Å². The average molecular weight is 1170 g/mol. The fraction of sp³-hybridized carbons (Fsp3) is 0. The van der Waals surface area contributed by atoms with Crippen LogP contribution in [-0.4, -0.2) is 71.6 Å². The van der Waals surface area contributed by atoms with Gasteiger partial charge >= 0.3 is 65.2 Å². The van der Waals surface area contributed by atoms with Crippen molar-refractivity contribution in [2.45, 2.75) is 0 Å². The van der Waals surface area contributed by atoms with Crippen molar-refractivity contribution in [1.82, 2.24) is 0 Å². The Labute approximate surface area is 483 Å². The maximum Gasteiger partial charge on any atom is 4.00 e. The first kappa shape index (κ1) is 65.7.